The monoisotopic (exact) mass is 236 g/mol. The molecular weight excluding hydrogens is 224 g/mol. The van der Waals surface area contributed by atoms with Crippen molar-refractivity contribution < 1.29 is 0 Å². The number of hydrogen-bond donors (Lipinski definition) is 1. The van der Waals surface area contributed by atoms with Gasteiger partial charge in [0.05, 0.1) is 5.69 Å². The topological polar surface area (TPSA) is 42.7 Å². The van der Waals surface area contributed by atoms with Crippen molar-refractivity contribution in [1.29, 1.82) is 0 Å². The van der Waals surface area contributed by atoms with Crippen molar-refractivity contribution in [3.63, 3.8) is 0 Å². The molecule has 1 N–H and O–H groups in total. The zero-order valence-corrected chi connectivity index (χ0v) is 9.99. The van der Waals surface area contributed by atoms with E-state index >= 15 is 0 Å². The van der Waals surface area contributed by atoms with E-state index in [1.165, 1.54) is 0 Å². The van der Waals surface area contributed by atoms with Crippen LogP contribution in [0.3, 0.4) is 0 Å². The molecule has 0 aliphatic heterocycles. The van der Waals surface area contributed by atoms with Crippen LogP contribution in [-0.4, -0.2) is 21.6 Å². The number of rotatable bonds is 3. The van der Waals surface area contributed by atoms with Gasteiger partial charge in [-0.05, 0) is 19.2 Å². The van der Waals surface area contributed by atoms with Gasteiger partial charge in [-0.3, -0.25) is 4.98 Å². The van der Waals surface area contributed by atoms with Crippen molar-refractivity contribution in [2.75, 3.05) is 7.05 Å². The Balaban J connectivity index is 2.47. The molecule has 0 saturated carbocycles. The molecule has 0 unspecified atom stereocenters. The SMILES string of the molecule is CNCc1c(Cl)nc(-c2cccnc2)n1C. The van der Waals surface area contributed by atoms with Crippen molar-refractivity contribution in [3.05, 3.63) is 35.4 Å². The second-order valence-corrected chi connectivity index (χ2v) is 3.86. The Kier molecular flexibility index (Phi) is 3.22. The molecule has 0 aliphatic rings. The number of hydrogen-bond acceptors (Lipinski definition) is 3. The summed E-state index contributed by atoms with van der Waals surface area (Å²) in [5.41, 5.74) is 1.94. The number of nitrogens with zero attached hydrogens (tertiary/aromatic N) is 3. The van der Waals surface area contributed by atoms with E-state index in [1.54, 1.807) is 12.4 Å². The van der Waals surface area contributed by atoms with Crippen LogP contribution in [-0.2, 0) is 13.6 Å². The molecule has 0 radical (unpaired) electrons. The van der Waals surface area contributed by atoms with Gasteiger partial charge in [0.2, 0.25) is 0 Å². The van der Waals surface area contributed by atoms with E-state index in [-0.39, 0.29) is 0 Å². The molecule has 2 rings (SSSR count). The lowest BCUT2D eigenvalue weighted by molar-refractivity contribution is 0.738. The third-order valence-electron chi connectivity index (χ3n) is 2.43. The highest BCUT2D eigenvalue weighted by atomic mass is 35.5. The van der Waals surface area contributed by atoms with Crippen LogP contribution in [0.2, 0.25) is 5.15 Å². The second-order valence-electron chi connectivity index (χ2n) is 3.50. The summed E-state index contributed by atoms with van der Waals surface area (Å²) in [7, 11) is 3.83. The summed E-state index contributed by atoms with van der Waals surface area (Å²) in [5, 5.41) is 3.61. The molecule has 2 heterocycles. The fourth-order valence-electron chi connectivity index (χ4n) is 1.61. The Morgan fingerprint density at radius 3 is 2.94 bits per heavy atom. The minimum absolute atomic E-state index is 0.538. The summed E-state index contributed by atoms with van der Waals surface area (Å²) in [5.74, 6) is 0.836. The van der Waals surface area contributed by atoms with Gasteiger partial charge in [-0.1, -0.05) is 11.6 Å². The number of aromatic nitrogens is 3. The van der Waals surface area contributed by atoms with Crippen LogP contribution >= 0.6 is 11.6 Å². The lowest BCUT2D eigenvalue weighted by Crippen LogP contribution is -2.10. The molecule has 2 aromatic heterocycles. The van der Waals surface area contributed by atoms with Gasteiger partial charge in [0.25, 0.3) is 0 Å². The first-order valence-corrected chi connectivity index (χ1v) is 5.38. The Morgan fingerprint density at radius 1 is 1.50 bits per heavy atom. The van der Waals surface area contributed by atoms with Gasteiger partial charge in [0.1, 0.15) is 5.82 Å². The van der Waals surface area contributed by atoms with Crippen LogP contribution in [0.25, 0.3) is 11.4 Å². The maximum atomic E-state index is 6.09. The third-order valence-corrected chi connectivity index (χ3v) is 2.73. The Hall–Kier alpha value is -1.39. The predicted octanol–water partition coefficient (Wildman–Crippen LogP) is 1.85. The van der Waals surface area contributed by atoms with E-state index in [2.05, 4.69) is 15.3 Å². The summed E-state index contributed by atoms with van der Waals surface area (Å²) in [6, 6.07) is 3.85. The highest BCUT2D eigenvalue weighted by molar-refractivity contribution is 6.30. The molecule has 0 aromatic carbocycles. The van der Waals surface area contributed by atoms with E-state index in [9.17, 15) is 0 Å². The molecule has 0 aliphatic carbocycles. The number of imidazole rings is 1. The van der Waals surface area contributed by atoms with Crippen LogP contribution in [0.5, 0.6) is 0 Å². The van der Waals surface area contributed by atoms with Crippen molar-refractivity contribution in [3.8, 4) is 11.4 Å². The van der Waals surface area contributed by atoms with Gasteiger partial charge in [0.15, 0.2) is 5.15 Å². The molecule has 0 spiro atoms. The maximum absolute atomic E-state index is 6.09. The highest BCUT2D eigenvalue weighted by Crippen LogP contribution is 2.23. The van der Waals surface area contributed by atoms with Crippen LogP contribution in [0.1, 0.15) is 5.69 Å². The molecule has 0 bridgehead atoms. The lowest BCUT2D eigenvalue weighted by atomic mass is 10.3. The Bertz CT molecular complexity index is 478. The number of halogens is 1. The normalized spacial score (nSPS) is 10.7. The average Bonchev–Trinajstić information content (AvgIpc) is 2.59. The van der Waals surface area contributed by atoms with Crippen molar-refractivity contribution in [2.24, 2.45) is 7.05 Å². The van der Waals surface area contributed by atoms with Crippen LogP contribution < -0.4 is 5.32 Å². The first kappa shape index (κ1) is 11.1. The predicted molar refractivity (Wildman–Crippen MR) is 64.2 cm³/mol. The molecule has 0 saturated heterocycles. The fourth-order valence-corrected chi connectivity index (χ4v) is 1.88. The summed E-state index contributed by atoms with van der Waals surface area (Å²) in [4.78, 5) is 8.42. The van der Waals surface area contributed by atoms with E-state index in [4.69, 9.17) is 11.6 Å². The first-order chi connectivity index (χ1) is 7.74. The summed E-state index contributed by atoms with van der Waals surface area (Å²) < 4.78 is 1.98. The Labute approximate surface area is 99.3 Å². The lowest BCUT2D eigenvalue weighted by Gasteiger charge is -2.04. The summed E-state index contributed by atoms with van der Waals surface area (Å²) in [6.07, 6.45) is 3.52. The van der Waals surface area contributed by atoms with E-state index in [0.29, 0.717) is 11.7 Å². The van der Waals surface area contributed by atoms with Gasteiger partial charge >= 0.3 is 0 Å². The zero-order chi connectivity index (χ0) is 11.5. The van der Waals surface area contributed by atoms with E-state index in [0.717, 1.165) is 17.1 Å². The quantitative estimate of drug-likeness (QED) is 0.885. The van der Waals surface area contributed by atoms with Crippen LogP contribution in [0, 0.1) is 0 Å². The standard InChI is InChI=1S/C11H13ClN4/c1-13-7-9-10(12)15-11(16(9)2)8-4-3-5-14-6-8/h3-6,13H,7H2,1-2H3. The van der Waals surface area contributed by atoms with Crippen molar-refractivity contribution in [2.45, 2.75) is 6.54 Å². The molecule has 4 nitrogen and oxygen atoms in total. The molecule has 0 fully saturated rings. The first-order valence-electron chi connectivity index (χ1n) is 5.00. The minimum atomic E-state index is 0.538. The van der Waals surface area contributed by atoms with Gasteiger partial charge in [-0.2, -0.15) is 0 Å². The van der Waals surface area contributed by atoms with Crippen molar-refractivity contribution >= 4 is 11.6 Å². The maximum Gasteiger partial charge on any atom is 0.152 e. The van der Waals surface area contributed by atoms with Crippen LogP contribution in [0.4, 0.5) is 0 Å². The highest BCUT2D eigenvalue weighted by Gasteiger charge is 2.13. The van der Waals surface area contributed by atoms with E-state index in [1.807, 2.05) is 30.8 Å². The third kappa shape index (κ3) is 1.94. The zero-order valence-electron chi connectivity index (χ0n) is 9.24. The molecule has 5 heteroatoms. The average molecular weight is 237 g/mol. The molecule has 16 heavy (non-hydrogen) atoms. The fraction of sp³-hybridized carbons (Fsp3) is 0.273. The van der Waals surface area contributed by atoms with Gasteiger partial charge in [0, 0.05) is 31.5 Å². The van der Waals surface area contributed by atoms with E-state index < -0.39 is 0 Å². The van der Waals surface area contributed by atoms with Crippen molar-refractivity contribution in [1.82, 2.24) is 19.9 Å². The van der Waals surface area contributed by atoms with Gasteiger partial charge in [-0.25, -0.2) is 4.98 Å². The molecule has 0 atom stereocenters. The smallest absolute Gasteiger partial charge is 0.152 e. The Morgan fingerprint density at radius 2 is 2.31 bits per heavy atom. The minimum Gasteiger partial charge on any atom is -0.329 e. The number of pyridine rings is 1. The largest absolute Gasteiger partial charge is 0.329 e. The second kappa shape index (κ2) is 4.63. The number of nitrogens with one attached hydrogen (secondary N) is 1. The molecule has 0 amide bonds. The molecule has 2 aromatic rings. The molecular formula is C11H13ClN4. The van der Waals surface area contributed by atoms with Gasteiger partial charge < -0.3 is 9.88 Å². The van der Waals surface area contributed by atoms with Crippen LogP contribution in [0.15, 0.2) is 24.5 Å². The van der Waals surface area contributed by atoms with Gasteiger partial charge in [-0.15, -0.1) is 0 Å². The molecule has 84 valence electrons. The summed E-state index contributed by atoms with van der Waals surface area (Å²) >= 11 is 6.09. The summed E-state index contributed by atoms with van der Waals surface area (Å²) in [6.45, 7) is 0.697.